The molecule has 3 rings (SSSR count). The number of benzene rings is 1. The van der Waals surface area contributed by atoms with Gasteiger partial charge in [-0.25, -0.2) is 4.98 Å². The highest BCUT2D eigenvalue weighted by Crippen LogP contribution is 2.17. The number of pyridine rings is 1. The molecular formula is C15H12ClN3O. The van der Waals surface area contributed by atoms with E-state index in [1.165, 1.54) is 0 Å². The summed E-state index contributed by atoms with van der Waals surface area (Å²) in [5.74, 6) is -0.205. The van der Waals surface area contributed by atoms with E-state index >= 15 is 0 Å². The van der Waals surface area contributed by atoms with Crippen molar-refractivity contribution in [2.75, 3.05) is 5.32 Å². The van der Waals surface area contributed by atoms with Gasteiger partial charge in [0, 0.05) is 16.9 Å². The molecule has 2 aromatic heterocycles. The van der Waals surface area contributed by atoms with Crippen molar-refractivity contribution >= 4 is 28.8 Å². The predicted molar refractivity (Wildman–Crippen MR) is 79.3 cm³/mol. The van der Waals surface area contributed by atoms with Crippen LogP contribution in [0.5, 0.6) is 0 Å². The third kappa shape index (κ3) is 2.26. The van der Waals surface area contributed by atoms with Crippen molar-refractivity contribution in [3.05, 3.63) is 65.1 Å². The second-order valence-electron chi connectivity index (χ2n) is 4.44. The fourth-order valence-electron chi connectivity index (χ4n) is 2.14. The van der Waals surface area contributed by atoms with Crippen LogP contribution in [0, 0.1) is 6.92 Å². The standard InChI is InChI=1S/C15H12ClN3O/c1-10-14(19-8-3-2-7-13(19)17-10)15(20)18-12-6-4-5-11(16)9-12/h2-9H,1H3,(H,18,20). The molecule has 2 heterocycles. The monoisotopic (exact) mass is 285 g/mol. The molecule has 1 aromatic carbocycles. The fourth-order valence-corrected chi connectivity index (χ4v) is 2.33. The molecular weight excluding hydrogens is 274 g/mol. The van der Waals surface area contributed by atoms with Crippen LogP contribution in [0.3, 0.4) is 0 Å². The first kappa shape index (κ1) is 12.7. The van der Waals surface area contributed by atoms with Crippen LogP contribution >= 0.6 is 11.6 Å². The number of rotatable bonds is 2. The number of halogens is 1. The van der Waals surface area contributed by atoms with Gasteiger partial charge >= 0.3 is 0 Å². The first-order valence-electron chi connectivity index (χ1n) is 6.16. The molecule has 5 heteroatoms. The van der Waals surface area contributed by atoms with Crippen LogP contribution in [-0.2, 0) is 0 Å². The molecule has 3 aromatic rings. The third-order valence-corrected chi connectivity index (χ3v) is 3.24. The van der Waals surface area contributed by atoms with Gasteiger partial charge in [-0.1, -0.05) is 23.7 Å². The van der Waals surface area contributed by atoms with Crippen LogP contribution in [-0.4, -0.2) is 15.3 Å². The molecule has 0 saturated heterocycles. The van der Waals surface area contributed by atoms with E-state index in [0.717, 1.165) is 5.65 Å². The van der Waals surface area contributed by atoms with Crippen LogP contribution in [0.15, 0.2) is 48.7 Å². The summed E-state index contributed by atoms with van der Waals surface area (Å²) in [7, 11) is 0. The lowest BCUT2D eigenvalue weighted by Gasteiger charge is -2.06. The first-order chi connectivity index (χ1) is 9.65. The highest BCUT2D eigenvalue weighted by molar-refractivity contribution is 6.30. The molecule has 0 radical (unpaired) electrons. The largest absolute Gasteiger partial charge is 0.321 e. The summed E-state index contributed by atoms with van der Waals surface area (Å²) < 4.78 is 1.77. The highest BCUT2D eigenvalue weighted by Gasteiger charge is 2.16. The van der Waals surface area contributed by atoms with Gasteiger partial charge < -0.3 is 5.32 Å². The quantitative estimate of drug-likeness (QED) is 0.783. The van der Waals surface area contributed by atoms with Crippen LogP contribution in [0.25, 0.3) is 5.65 Å². The summed E-state index contributed by atoms with van der Waals surface area (Å²) in [6.07, 6.45) is 1.82. The van der Waals surface area contributed by atoms with Gasteiger partial charge in [-0.2, -0.15) is 0 Å². The van der Waals surface area contributed by atoms with Crippen LogP contribution in [0.4, 0.5) is 5.69 Å². The SMILES string of the molecule is Cc1nc2ccccn2c1C(=O)Nc1cccc(Cl)c1. The van der Waals surface area contributed by atoms with E-state index in [-0.39, 0.29) is 5.91 Å². The maximum Gasteiger partial charge on any atom is 0.274 e. The Hall–Kier alpha value is -2.33. The maximum atomic E-state index is 12.4. The van der Waals surface area contributed by atoms with Crippen molar-refractivity contribution in [3.63, 3.8) is 0 Å². The summed E-state index contributed by atoms with van der Waals surface area (Å²) in [6.45, 7) is 1.82. The van der Waals surface area contributed by atoms with Gasteiger partial charge in [0.2, 0.25) is 0 Å². The molecule has 20 heavy (non-hydrogen) atoms. The lowest BCUT2D eigenvalue weighted by Crippen LogP contribution is -2.15. The molecule has 100 valence electrons. The zero-order valence-corrected chi connectivity index (χ0v) is 11.6. The van der Waals surface area contributed by atoms with Gasteiger partial charge in [0.25, 0.3) is 5.91 Å². The Labute approximate surface area is 121 Å². The first-order valence-corrected chi connectivity index (χ1v) is 6.53. The predicted octanol–water partition coefficient (Wildman–Crippen LogP) is 3.55. The summed E-state index contributed by atoms with van der Waals surface area (Å²) in [4.78, 5) is 16.8. The molecule has 0 fully saturated rings. The normalized spacial score (nSPS) is 10.7. The zero-order chi connectivity index (χ0) is 14.1. The Kier molecular flexibility index (Phi) is 3.16. The molecule has 0 aliphatic carbocycles. The van der Waals surface area contributed by atoms with Crippen LogP contribution in [0.1, 0.15) is 16.2 Å². The topological polar surface area (TPSA) is 46.4 Å². The number of carbonyl (C=O) groups is 1. The van der Waals surface area contributed by atoms with Gasteiger partial charge in [-0.15, -0.1) is 0 Å². The number of imidazole rings is 1. The minimum Gasteiger partial charge on any atom is -0.321 e. The average molecular weight is 286 g/mol. The lowest BCUT2D eigenvalue weighted by molar-refractivity contribution is 0.102. The Morgan fingerprint density at radius 1 is 1.25 bits per heavy atom. The minimum atomic E-state index is -0.205. The maximum absolute atomic E-state index is 12.4. The number of aryl methyl sites for hydroxylation is 1. The number of nitrogens with one attached hydrogen (secondary N) is 1. The smallest absolute Gasteiger partial charge is 0.274 e. The van der Waals surface area contributed by atoms with Crippen molar-refractivity contribution in [2.45, 2.75) is 6.92 Å². The summed E-state index contributed by atoms with van der Waals surface area (Å²) in [5, 5.41) is 3.42. The van der Waals surface area contributed by atoms with Gasteiger partial charge in [0.15, 0.2) is 0 Å². The minimum absolute atomic E-state index is 0.205. The van der Waals surface area contributed by atoms with Gasteiger partial charge in [-0.05, 0) is 37.3 Å². The van der Waals surface area contributed by atoms with E-state index in [0.29, 0.717) is 22.1 Å². The number of fused-ring (bicyclic) bond motifs is 1. The van der Waals surface area contributed by atoms with Crippen molar-refractivity contribution in [1.82, 2.24) is 9.38 Å². The number of carbonyl (C=O) groups excluding carboxylic acids is 1. The Bertz CT molecular complexity index is 795. The Morgan fingerprint density at radius 2 is 2.10 bits per heavy atom. The molecule has 1 N–H and O–H groups in total. The summed E-state index contributed by atoms with van der Waals surface area (Å²) >= 11 is 5.91. The zero-order valence-electron chi connectivity index (χ0n) is 10.8. The number of hydrogen-bond acceptors (Lipinski definition) is 2. The van der Waals surface area contributed by atoms with E-state index in [9.17, 15) is 4.79 Å². The van der Waals surface area contributed by atoms with Gasteiger partial charge in [-0.3, -0.25) is 9.20 Å². The number of nitrogens with zero attached hydrogens (tertiary/aromatic N) is 2. The van der Waals surface area contributed by atoms with Crippen molar-refractivity contribution in [1.29, 1.82) is 0 Å². The number of hydrogen-bond donors (Lipinski definition) is 1. The number of amides is 1. The number of anilines is 1. The van der Waals surface area contributed by atoms with Crippen molar-refractivity contribution in [2.24, 2.45) is 0 Å². The molecule has 0 unspecified atom stereocenters. The molecule has 0 saturated carbocycles. The van der Waals surface area contributed by atoms with Gasteiger partial charge in [0.1, 0.15) is 11.3 Å². The summed E-state index contributed by atoms with van der Waals surface area (Å²) in [5.41, 5.74) is 2.63. The molecule has 4 nitrogen and oxygen atoms in total. The lowest BCUT2D eigenvalue weighted by atomic mass is 10.3. The van der Waals surface area contributed by atoms with Crippen LogP contribution in [0.2, 0.25) is 5.02 Å². The van der Waals surface area contributed by atoms with E-state index in [2.05, 4.69) is 10.3 Å². The fraction of sp³-hybridized carbons (Fsp3) is 0.0667. The highest BCUT2D eigenvalue weighted by atomic mass is 35.5. The molecule has 0 aliphatic rings. The molecule has 0 bridgehead atoms. The van der Waals surface area contributed by atoms with E-state index in [4.69, 9.17) is 11.6 Å². The van der Waals surface area contributed by atoms with E-state index in [1.807, 2.05) is 31.3 Å². The Morgan fingerprint density at radius 3 is 2.90 bits per heavy atom. The van der Waals surface area contributed by atoms with E-state index < -0.39 is 0 Å². The van der Waals surface area contributed by atoms with Crippen LogP contribution < -0.4 is 5.32 Å². The molecule has 0 spiro atoms. The third-order valence-electron chi connectivity index (χ3n) is 3.00. The second-order valence-corrected chi connectivity index (χ2v) is 4.88. The number of aromatic nitrogens is 2. The van der Waals surface area contributed by atoms with E-state index in [1.54, 1.807) is 28.7 Å². The van der Waals surface area contributed by atoms with Crippen molar-refractivity contribution < 1.29 is 4.79 Å². The Balaban J connectivity index is 1.99. The molecule has 0 atom stereocenters. The molecule has 1 amide bonds. The molecule has 0 aliphatic heterocycles. The average Bonchev–Trinajstić information content (AvgIpc) is 2.74. The second kappa shape index (κ2) is 4.98. The summed E-state index contributed by atoms with van der Waals surface area (Å²) in [6, 6.07) is 12.7. The van der Waals surface area contributed by atoms with Crippen molar-refractivity contribution in [3.8, 4) is 0 Å². The van der Waals surface area contributed by atoms with Gasteiger partial charge in [0.05, 0.1) is 5.69 Å².